The highest BCUT2D eigenvalue weighted by Gasteiger charge is 2.06. The molecule has 0 aliphatic carbocycles. The number of rotatable bonds is 3. The minimum Gasteiger partial charge on any atom is -0.378 e. The summed E-state index contributed by atoms with van der Waals surface area (Å²) in [7, 11) is 2.06. The van der Waals surface area contributed by atoms with Crippen LogP contribution in [0.2, 0.25) is 0 Å². The average Bonchev–Trinajstić information content (AvgIpc) is 3.10. The Hall–Kier alpha value is -2.33. The molecule has 2 aromatic heterocycles. The third-order valence-corrected chi connectivity index (χ3v) is 4.68. The number of benzene rings is 2. The zero-order valence-electron chi connectivity index (χ0n) is 11.7. The number of hydrogen-bond donors (Lipinski definition) is 1. The predicted molar refractivity (Wildman–Crippen MR) is 89.9 cm³/mol. The van der Waals surface area contributed by atoms with Gasteiger partial charge in [0.25, 0.3) is 0 Å². The Morgan fingerprint density at radius 3 is 2.95 bits per heavy atom. The van der Waals surface area contributed by atoms with Crippen LogP contribution in [0.15, 0.2) is 53.9 Å². The first-order valence-electron chi connectivity index (χ1n) is 6.93. The highest BCUT2D eigenvalue weighted by Crippen LogP contribution is 2.24. The van der Waals surface area contributed by atoms with Crippen LogP contribution >= 0.6 is 11.3 Å². The molecule has 4 heteroatoms. The van der Waals surface area contributed by atoms with Gasteiger partial charge in [0.1, 0.15) is 5.82 Å². The molecule has 2 aromatic carbocycles. The number of para-hydroxylation sites is 2. The molecule has 0 amide bonds. The topological polar surface area (TPSA) is 29.9 Å². The number of imidazole rings is 1. The van der Waals surface area contributed by atoms with Crippen LogP contribution in [0.1, 0.15) is 5.82 Å². The number of anilines is 1. The van der Waals surface area contributed by atoms with Crippen molar-refractivity contribution >= 4 is 38.1 Å². The first-order valence-corrected chi connectivity index (χ1v) is 7.81. The molecule has 0 aliphatic rings. The molecule has 1 N–H and O–H groups in total. The Bertz CT molecular complexity index is 920. The van der Waals surface area contributed by atoms with Crippen LogP contribution in [-0.4, -0.2) is 9.55 Å². The van der Waals surface area contributed by atoms with Crippen molar-refractivity contribution in [1.82, 2.24) is 9.55 Å². The van der Waals surface area contributed by atoms with E-state index >= 15 is 0 Å². The Labute approximate surface area is 126 Å². The summed E-state index contributed by atoms with van der Waals surface area (Å²) in [5, 5.41) is 6.88. The molecule has 104 valence electrons. The first-order chi connectivity index (χ1) is 10.3. The minimum atomic E-state index is 0.723. The SMILES string of the molecule is Cn1c(CNc2ccc3sccc3c2)nc2ccccc21. The van der Waals surface area contributed by atoms with Crippen molar-refractivity contribution in [3.63, 3.8) is 0 Å². The van der Waals surface area contributed by atoms with Gasteiger partial charge in [0.15, 0.2) is 0 Å². The zero-order valence-corrected chi connectivity index (χ0v) is 12.5. The molecule has 0 fully saturated rings. The summed E-state index contributed by atoms with van der Waals surface area (Å²) < 4.78 is 3.47. The lowest BCUT2D eigenvalue weighted by Gasteiger charge is -2.07. The van der Waals surface area contributed by atoms with Crippen molar-refractivity contribution in [1.29, 1.82) is 0 Å². The largest absolute Gasteiger partial charge is 0.378 e. The predicted octanol–water partition coefficient (Wildman–Crippen LogP) is 4.40. The van der Waals surface area contributed by atoms with Gasteiger partial charge in [-0.3, -0.25) is 0 Å². The Morgan fingerprint density at radius 2 is 2.05 bits per heavy atom. The second kappa shape index (κ2) is 4.90. The van der Waals surface area contributed by atoms with Gasteiger partial charge < -0.3 is 9.88 Å². The standard InChI is InChI=1S/C17H15N3S/c1-20-15-5-3-2-4-14(15)19-17(20)11-18-13-6-7-16-12(10-13)8-9-21-16/h2-10,18H,11H2,1H3. The molecule has 0 spiro atoms. The summed E-state index contributed by atoms with van der Waals surface area (Å²) in [6, 6.07) is 16.9. The Morgan fingerprint density at radius 1 is 1.14 bits per heavy atom. The number of thiophene rings is 1. The molecular weight excluding hydrogens is 278 g/mol. The van der Waals surface area contributed by atoms with E-state index < -0.39 is 0 Å². The van der Waals surface area contributed by atoms with Gasteiger partial charge in [-0.1, -0.05) is 12.1 Å². The second-order valence-corrected chi connectivity index (χ2v) is 6.05. The van der Waals surface area contributed by atoms with Crippen LogP contribution in [0, 0.1) is 0 Å². The molecule has 0 aliphatic heterocycles. The van der Waals surface area contributed by atoms with Crippen molar-refractivity contribution < 1.29 is 0 Å². The molecule has 0 radical (unpaired) electrons. The molecule has 21 heavy (non-hydrogen) atoms. The highest BCUT2D eigenvalue weighted by molar-refractivity contribution is 7.17. The van der Waals surface area contributed by atoms with E-state index in [0.29, 0.717) is 0 Å². The van der Waals surface area contributed by atoms with E-state index in [4.69, 9.17) is 0 Å². The molecule has 4 rings (SSSR count). The number of fused-ring (bicyclic) bond motifs is 2. The van der Waals surface area contributed by atoms with Gasteiger partial charge in [0.05, 0.1) is 17.6 Å². The lowest BCUT2D eigenvalue weighted by atomic mass is 10.2. The van der Waals surface area contributed by atoms with Crippen LogP contribution in [0.5, 0.6) is 0 Å². The third-order valence-electron chi connectivity index (χ3n) is 3.78. The summed E-state index contributed by atoms with van der Waals surface area (Å²) in [5.41, 5.74) is 3.35. The lowest BCUT2D eigenvalue weighted by Crippen LogP contribution is -2.05. The fraction of sp³-hybridized carbons (Fsp3) is 0.118. The van der Waals surface area contributed by atoms with Gasteiger partial charge >= 0.3 is 0 Å². The summed E-state index contributed by atoms with van der Waals surface area (Å²) >= 11 is 1.77. The molecule has 0 atom stereocenters. The number of nitrogens with one attached hydrogen (secondary N) is 1. The van der Waals surface area contributed by atoms with E-state index in [-0.39, 0.29) is 0 Å². The molecule has 2 heterocycles. The van der Waals surface area contributed by atoms with Crippen LogP contribution in [0.4, 0.5) is 5.69 Å². The van der Waals surface area contributed by atoms with Crippen LogP contribution in [0.25, 0.3) is 21.1 Å². The smallest absolute Gasteiger partial charge is 0.128 e. The van der Waals surface area contributed by atoms with E-state index in [1.54, 1.807) is 11.3 Å². The molecule has 0 saturated heterocycles. The van der Waals surface area contributed by atoms with Gasteiger partial charge in [0, 0.05) is 17.4 Å². The third kappa shape index (κ3) is 2.17. The first kappa shape index (κ1) is 12.4. The maximum Gasteiger partial charge on any atom is 0.128 e. The zero-order chi connectivity index (χ0) is 14.2. The van der Waals surface area contributed by atoms with Crippen LogP contribution in [-0.2, 0) is 13.6 Å². The molecule has 0 saturated carbocycles. The van der Waals surface area contributed by atoms with Gasteiger partial charge in [-0.2, -0.15) is 0 Å². The second-order valence-electron chi connectivity index (χ2n) is 5.10. The summed E-state index contributed by atoms with van der Waals surface area (Å²) in [6.45, 7) is 0.723. The van der Waals surface area contributed by atoms with E-state index in [9.17, 15) is 0 Å². The van der Waals surface area contributed by atoms with Crippen molar-refractivity contribution in [2.24, 2.45) is 7.05 Å². The van der Waals surface area contributed by atoms with Crippen LogP contribution < -0.4 is 5.32 Å². The summed E-state index contributed by atoms with van der Waals surface area (Å²) in [4.78, 5) is 4.68. The van der Waals surface area contributed by atoms with Gasteiger partial charge in [-0.05, 0) is 47.2 Å². The number of aromatic nitrogens is 2. The van der Waals surface area contributed by atoms with Gasteiger partial charge in [0.2, 0.25) is 0 Å². The fourth-order valence-electron chi connectivity index (χ4n) is 2.61. The molecule has 0 unspecified atom stereocenters. The van der Waals surface area contributed by atoms with Crippen molar-refractivity contribution in [3.05, 3.63) is 59.7 Å². The average molecular weight is 293 g/mol. The maximum absolute atomic E-state index is 4.68. The minimum absolute atomic E-state index is 0.723. The molecule has 3 nitrogen and oxygen atoms in total. The Balaban J connectivity index is 1.61. The summed E-state index contributed by atoms with van der Waals surface area (Å²) in [6.07, 6.45) is 0. The van der Waals surface area contributed by atoms with Crippen LogP contribution in [0.3, 0.4) is 0 Å². The Kier molecular flexibility index (Phi) is 2.89. The van der Waals surface area contributed by atoms with E-state index in [0.717, 1.165) is 23.6 Å². The molecule has 0 bridgehead atoms. The van der Waals surface area contributed by atoms with Gasteiger partial charge in [-0.15, -0.1) is 11.3 Å². The number of hydrogen-bond acceptors (Lipinski definition) is 3. The van der Waals surface area contributed by atoms with Crippen molar-refractivity contribution in [3.8, 4) is 0 Å². The maximum atomic E-state index is 4.68. The fourth-order valence-corrected chi connectivity index (χ4v) is 3.38. The van der Waals surface area contributed by atoms with E-state index in [2.05, 4.69) is 63.7 Å². The lowest BCUT2D eigenvalue weighted by molar-refractivity contribution is 0.835. The quantitative estimate of drug-likeness (QED) is 0.606. The van der Waals surface area contributed by atoms with Crippen molar-refractivity contribution in [2.75, 3.05) is 5.32 Å². The molecular formula is C17H15N3S. The van der Waals surface area contributed by atoms with Crippen molar-refractivity contribution in [2.45, 2.75) is 6.54 Å². The monoisotopic (exact) mass is 293 g/mol. The highest BCUT2D eigenvalue weighted by atomic mass is 32.1. The summed E-state index contributed by atoms with van der Waals surface area (Å²) in [5.74, 6) is 1.04. The number of aryl methyl sites for hydroxylation is 1. The van der Waals surface area contributed by atoms with E-state index in [1.165, 1.54) is 15.6 Å². The van der Waals surface area contributed by atoms with Gasteiger partial charge in [-0.25, -0.2) is 4.98 Å². The van der Waals surface area contributed by atoms with E-state index in [1.807, 2.05) is 12.1 Å². The molecule has 4 aromatic rings. The number of nitrogens with zero attached hydrogens (tertiary/aromatic N) is 2. The normalized spacial score (nSPS) is 11.3.